The molecule has 0 aliphatic heterocycles. The molecule has 0 radical (unpaired) electrons. The van der Waals surface area contributed by atoms with Crippen LogP contribution in [0.2, 0.25) is 5.02 Å². The van der Waals surface area contributed by atoms with Crippen LogP contribution in [-0.4, -0.2) is 16.0 Å². The molecule has 3 aromatic heterocycles. The highest BCUT2D eigenvalue weighted by molar-refractivity contribution is 7.18. The maximum Gasteiger partial charge on any atom is 0.417 e. The van der Waals surface area contributed by atoms with E-state index in [1.165, 1.54) is 17.4 Å². The summed E-state index contributed by atoms with van der Waals surface area (Å²) in [5.41, 5.74) is 9.06. The number of nitrogens with zero attached hydrogens (tertiary/aromatic N) is 2. The molecule has 3 heterocycles. The molecule has 0 saturated carbocycles. The Kier molecular flexibility index (Phi) is 6.45. The molecule has 0 bridgehead atoms. The second-order valence-electron chi connectivity index (χ2n) is 8.00. The Bertz CT molecular complexity index is 1620. The molecular weight excluding hydrogens is 523 g/mol. The van der Waals surface area contributed by atoms with Gasteiger partial charge in [-0.25, -0.2) is 9.78 Å². The van der Waals surface area contributed by atoms with E-state index in [-0.39, 0.29) is 5.69 Å². The van der Waals surface area contributed by atoms with E-state index < -0.39 is 22.8 Å². The molecule has 0 spiro atoms. The van der Waals surface area contributed by atoms with E-state index in [9.17, 15) is 18.0 Å². The minimum absolute atomic E-state index is 0.0454. The van der Waals surface area contributed by atoms with E-state index in [4.69, 9.17) is 17.3 Å². The number of pyridine rings is 2. The third-order valence-electron chi connectivity index (χ3n) is 5.56. The lowest BCUT2D eigenvalue weighted by molar-refractivity contribution is -0.137. The number of urea groups is 1. The number of rotatable bonds is 4. The quantitative estimate of drug-likeness (QED) is 0.216. The summed E-state index contributed by atoms with van der Waals surface area (Å²) >= 11 is 7.17. The zero-order valence-corrected chi connectivity index (χ0v) is 20.4. The molecule has 11 heteroatoms. The molecule has 0 fully saturated rings. The number of halogens is 4. The Labute approximate surface area is 217 Å². The first-order valence-electron chi connectivity index (χ1n) is 10.8. The lowest BCUT2D eigenvalue weighted by atomic mass is 10.0. The van der Waals surface area contributed by atoms with Gasteiger partial charge in [0, 0.05) is 56.7 Å². The predicted octanol–water partition coefficient (Wildman–Crippen LogP) is 7.92. The molecule has 186 valence electrons. The van der Waals surface area contributed by atoms with Gasteiger partial charge in [-0.05, 0) is 47.3 Å². The number of fused-ring (bicyclic) bond motifs is 1. The van der Waals surface area contributed by atoms with E-state index in [1.807, 2.05) is 23.6 Å². The van der Waals surface area contributed by atoms with Crippen molar-refractivity contribution in [3.8, 4) is 22.3 Å². The molecule has 2 amide bonds. The van der Waals surface area contributed by atoms with Gasteiger partial charge in [0.2, 0.25) is 0 Å². The molecule has 0 atom stereocenters. The zero-order chi connectivity index (χ0) is 26.2. The number of hydrogen-bond acceptors (Lipinski definition) is 5. The summed E-state index contributed by atoms with van der Waals surface area (Å²) in [7, 11) is 0. The number of amides is 2. The SMILES string of the molecule is Nc1ncc(-c2cccnc2)c2scc(-c3cccc(NC(=O)Nc4ccc(Cl)c(C(F)(F)F)c4)c3)c12. The summed E-state index contributed by atoms with van der Waals surface area (Å²) in [5.74, 6) is 0.373. The lowest BCUT2D eigenvalue weighted by Crippen LogP contribution is -2.20. The zero-order valence-electron chi connectivity index (χ0n) is 18.8. The third kappa shape index (κ3) is 5.07. The Morgan fingerprint density at radius 2 is 1.70 bits per heavy atom. The summed E-state index contributed by atoms with van der Waals surface area (Å²) in [5, 5.41) is 7.36. The molecule has 0 saturated heterocycles. The molecule has 5 rings (SSSR count). The Morgan fingerprint density at radius 1 is 0.946 bits per heavy atom. The fourth-order valence-electron chi connectivity index (χ4n) is 3.89. The number of alkyl halides is 3. The molecular formula is C26H17ClF3N5OS. The molecule has 2 aromatic carbocycles. The highest BCUT2D eigenvalue weighted by Crippen LogP contribution is 2.42. The monoisotopic (exact) mass is 539 g/mol. The Hall–Kier alpha value is -4.15. The van der Waals surface area contributed by atoms with Crippen LogP contribution in [0.4, 0.5) is 35.2 Å². The van der Waals surface area contributed by atoms with Crippen LogP contribution in [0.5, 0.6) is 0 Å². The number of nitrogens with two attached hydrogens (primary N) is 1. The summed E-state index contributed by atoms with van der Waals surface area (Å²) in [6.45, 7) is 0. The first-order valence-corrected chi connectivity index (χ1v) is 12.1. The Balaban J connectivity index is 1.42. The maximum absolute atomic E-state index is 13.1. The van der Waals surface area contributed by atoms with Crippen molar-refractivity contribution < 1.29 is 18.0 Å². The van der Waals surface area contributed by atoms with Gasteiger partial charge in [0.25, 0.3) is 0 Å². The highest BCUT2D eigenvalue weighted by Gasteiger charge is 2.33. The molecule has 0 aliphatic carbocycles. The van der Waals surface area contributed by atoms with Crippen molar-refractivity contribution >= 4 is 56.2 Å². The van der Waals surface area contributed by atoms with Gasteiger partial charge in [-0.3, -0.25) is 4.98 Å². The van der Waals surface area contributed by atoms with Gasteiger partial charge in [-0.2, -0.15) is 13.2 Å². The maximum atomic E-state index is 13.1. The van der Waals surface area contributed by atoms with E-state index in [0.717, 1.165) is 44.5 Å². The van der Waals surface area contributed by atoms with E-state index in [1.54, 1.807) is 36.8 Å². The predicted molar refractivity (Wildman–Crippen MR) is 142 cm³/mol. The molecule has 6 nitrogen and oxygen atoms in total. The second kappa shape index (κ2) is 9.72. The Morgan fingerprint density at radius 3 is 2.43 bits per heavy atom. The number of hydrogen-bond donors (Lipinski definition) is 3. The second-order valence-corrected chi connectivity index (χ2v) is 9.29. The largest absolute Gasteiger partial charge is 0.417 e. The van der Waals surface area contributed by atoms with Crippen molar-refractivity contribution in [3.63, 3.8) is 0 Å². The summed E-state index contributed by atoms with van der Waals surface area (Å²) < 4.78 is 40.3. The normalized spacial score (nSPS) is 11.5. The van der Waals surface area contributed by atoms with Crippen LogP contribution in [0, 0.1) is 0 Å². The molecule has 0 unspecified atom stereocenters. The van der Waals surface area contributed by atoms with Gasteiger partial charge >= 0.3 is 12.2 Å². The van der Waals surface area contributed by atoms with Crippen LogP contribution in [0.15, 0.2) is 78.6 Å². The van der Waals surface area contributed by atoms with Gasteiger partial charge in [-0.1, -0.05) is 29.8 Å². The highest BCUT2D eigenvalue weighted by atomic mass is 35.5. The smallest absolute Gasteiger partial charge is 0.383 e. The number of benzene rings is 2. The van der Waals surface area contributed by atoms with Crippen LogP contribution >= 0.6 is 22.9 Å². The van der Waals surface area contributed by atoms with E-state index >= 15 is 0 Å². The fourth-order valence-corrected chi connectivity index (χ4v) is 5.23. The van der Waals surface area contributed by atoms with Crippen molar-refractivity contribution in [2.45, 2.75) is 6.18 Å². The standard InChI is InChI=1S/C26H17ClF3N5OS/c27-21-7-6-17(10-20(21)26(28,29)30)35-25(36)34-16-5-1-3-14(9-16)19-13-37-23-18(12-33-24(31)22(19)23)15-4-2-8-32-11-15/h1-13H,(H2,31,33)(H2,34,35,36). The first kappa shape index (κ1) is 24.5. The number of nitrogen functional groups attached to an aromatic ring is 1. The first-order chi connectivity index (χ1) is 17.7. The third-order valence-corrected chi connectivity index (χ3v) is 6.90. The lowest BCUT2D eigenvalue weighted by Gasteiger charge is -2.13. The number of aromatic nitrogens is 2. The van der Waals surface area contributed by atoms with Crippen molar-refractivity contribution in [1.29, 1.82) is 0 Å². The minimum atomic E-state index is -4.64. The van der Waals surface area contributed by atoms with Crippen LogP contribution < -0.4 is 16.4 Å². The van der Waals surface area contributed by atoms with Gasteiger partial charge in [0.1, 0.15) is 5.82 Å². The summed E-state index contributed by atoms with van der Waals surface area (Å²) in [4.78, 5) is 21.1. The molecule has 0 aliphatic rings. The average molecular weight is 540 g/mol. The van der Waals surface area contributed by atoms with E-state index in [0.29, 0.717) is 11.5 Å². The molecule has 5 aromatic rings. The number of thiophene rings is 1. The topological polar surface area (TPSA) is 92.9 Å². The minimum Gasteiger partial charge on any atom is -0.383 e. The van der Waals surface area contributed by atoms with Gasteiger partial charge in [-0.15, -0.1) is 11.3 Å². The average Bonchev–Trinajstić information content (AvgIpc) is 3.32. The van der Waals surface area contributed by atoms with Crippen molar-refractivity contribution in [1.82, 2.24) is 9.97 Å². The molecule has 4 N–H and O–H groups in total. The van der Waals surface area contributed by atoms with Gasteiger partial charge in [0.05, 0.1) is 10.6 Å². The van der Waals surface area contributed by atoms with Crippen LogP contribution in [0.3, 0.4) is 0 Å². The van der Waals surface area contributed by atoms with Crippen LogP contribution in [-0.2, 0) is 6.18 Å². The fraction of sp³-hybridized carbons (Fsp3) is 0.0385. The van der Waals surface area contributed by atoms with Crippen molar-refractivity contribution in [3.05, 3.63) is 89.2 Å². The number of carbonyl (C=O) groups excluding carboxylic acids is 1. The van der Waals surface area contributed by atoms with Crippen LogP contribution in [0.25, 0.3) is 32.3 Å². The van der Waals surface area contributed by atoms with Gasteiger partial charge < -0.3 is 16.4 Å². The summed E-state index contributed by atoms with van der Waals surface area (Å²) in [6.07, 6.45) is 0.532. The van der Waals surface area contributed by atoms with E-state index in [2.05, 4.69) is 20.6 Å². The number of carbonyl (C=O) groups is 1. The summed E-state index contributed by atoms with van der Waals surface area (Å²) in [6, 6.07) is 13.3. The number of nitrogens with one attached hydrogen (secondary N) is 2. The van der Waals surface area contributed by atoms with Crippen LogP contribution in [0.1, 0.15) is 5.56 Å². The van der Waals surface area contributed by atoms with Crippen molar-refractivity contribution in [2.24, 2.45) is 0 Å². The molecule has 37 heavy (non-hydrogen) atoms. The van der Waals surface area contributed by atoms with Crippen molar-refractivity contribution in [2.75, 3.05) is 16.4 Å². The van der Waals surface area contributed by atoms with Gasteiger partial charge in [0.15, 0.2) is 0 Å². The number of anilines is 3.